The van der Waals surface area contributed by atoms with Gasteiger partial charge in [0, 0.05) is 18.2 Å². The van der Waals surface area contributed by atoms with Crippen molar-refractivity contribution in [3.63, 3.8) is 0 Å². The molecule has 1 N–H and O–H groups in total. The minimum absolute atomic E-state index is 0.204. The number of nitrogens with zero attached hydrogens (tertiary/aromatic N) is 3. The summed E-state index contributed by atoms with van der Waals surface area (Å²) < 4.78 is 0. The first kappa shape index (κ1) is 20.6. The van der Waals surface area contributed by atoms with Crippen molar-refractivity contribution < 1.29 is 0 Å². The number of nitrogens with one attached hydrogen (secondary N) is 1. The highest BCUT2D eigenvalue weighted by atomic mass is 35.5. The highest BCUT2D eigenvalue weighted by Gasteiger charge is 2.15. The standard InChI is InChI=1S/C24H22Cl2N4/c1-17(19-8-4-2-5-9-19)27-15-23-24(20-10-6-3-7-11-20)29-30(28-23)16-18-12-13-21(25)22(26)14-18/h2-14,17,27H,15-16H2,1H3/t17-/m0/s1. The topological polar surface area (TPSA) is 42.7 Å². The Balaban J connectivity index is 1.58. The Labute approximate surface area is 186 Å². The van der Waals surface area contributed by atoms with Crippen molar-refractivity contribution in [3.8, 4) is 11.3 Å². The summed E-state index contributed by atoms with van der Waals surface area (Å²) in [5, 5.41) is 14.2. The summed E-state index contributed by atoms with van der Waals surface area (Å²) in [5.74, 6) is 0. The molecule has 0 radical (unpaired) electrons. The van der Waals surface area contributed by atoms with Crippen LogP contribution in [0.5, 0.6) is 0 Å². The van der Waals surface area contributed by atoms with Gasteiger partial charge in [-0.1, -0.05) is 89.9 Å². The lowest BCUT2D eigenvalue weighted by atomic mass is 10.1. The summed E-state index contributed by atoms with van der Waals surface area (Å²) in [7, 11) is 0. The maximum atomic E-state index is 6.16. The molecule has 152 valence electrons. The average molecular weight is 437 g/mol. The molecule has 0 aliphatic carbocycles. The molecule has 0 unspecified atom stereocenters. The van der Waals surface area contributed by atoms with Crippen molar-refractivity contribution in [1.82, 2.24) is 20.3 Å². The molecule has 0 spiro atoms. The van der Waals surface area contributed by atoms with Crippen molar-refractivity contribution in [2.24, 2.45) is 0 Å². The molecule has 4 aromatic rings. The molecular formula is C24H22Cl2N4. The predicted molar refractivity (Wildman–Crippen MR) is 123 cm³/mol. The number of benzene rings is 3. The van der Waals surface area contributed by atoms with Crippen LogP contribution in [-0.2, 0) is 13.1 Å². The van der Waals surface area contributed by atoms with Crippen LogP contribution in [0.15, 0.2) is 78.9 Å². The zero-order chi connectivity index (χ0) is 20.9. The van der Waals surface area contributed by atoms with Crippen molar-refractivity contribution in [1.29, 1.82) is 0 Å². The number of hydrogen-bond acceptors (Lipinski definition) is 3. The van der Waals surface area contributed by atoms with E-state index in [1.165, 1.54) is 5.56 Å². The van der Waals surface area contributed by atoms with Crippen LogP contribution in [-0.4, -0.2) is 15.0 Å². The second kappa shape index (κ2) is 9.43. The van der Waals surface area contributed by atoms with Crippen LogP contribution in [0.2, 0.25) is 10.0 Å². The molecule has 1 heterocycles. The van der Waals surface area contributed by atoms with Crippen LogP contribution >= 0.6 is 23.2 Å². The van der Waals surface area contributed by atoms with Gasteiger partial charge in [0.25, 0.3) is 0 Å². The average Bonchev–Trinajstić information content (AvgIpc) is 3.18. The van der Waals surface area contributed by atoms with E-state index in [-0.39, 0.29) is 6.04 Å². The Bertz CT molecular complexity index is 1110. The van der Waals surface area contributed by atoms with Crippen LogP contribution in [0.4, 0.5) is 0 Å². The van der Waals surface area contributed by atoms with E-state index in [1.807, 2.05) is 36.4 Å². The highest BCUT2D eigenvalue weighted by Crippen LogP contribution is 2.24. The number of rotatable bonds is 7. The summed E-state index contributed by atoms with van der Waals surface area (Å²) >= 11 is 12.2. The fraction of sp³-hybridized carbons (Fsp3) is 0.167. The van der Waals surface area contributed by atoms with Crippen molar-refractivity contribution in [2.75, 3.05) is 0 Å². The maximum Gasteiger partial charge on any atom is 0.117 e. The Morgan fingerprint density at radius 1 is 0.867 bits per heavy atom. The van der Waals surface area contributed by atoms with Gasteiger partial charge in [-0.05, 0) is 30.2 Å². The van der Waals surface area contributed by atoms with Crippen LogP contribution in [0.25, 0.3) is 11.3 Å². The molecule has 4 rings (SSSR count). The largest absolute Gasteiger partial charge is 0.304 e. The van der Waals surface area contributed by atoms with Gasteiger partial charge in [-0.3, -0.25) is 0 Å². The van der Waals surface area contributed by atoms with E-state index in [4.69, 9.17) is 33.4 Å². The molecule has 0 aliphatic heterocycles. The summed E-state index contributed by atoms with van der Waals surface area (Å²) in [6, 6.07) is 26.3. The maximum absolute atomic E-state index is 6.16. The highest BCUT2D eigenvalue weighted by molar-refractivity contribution is 6.42. The van der Waals surface area contributed by atoms with E-state index < -0.39 is 0 Å². The van der Waals surface area contributed by atoms with Gasteiger partial charge in [0.15, 0.2) is 0 Å². The summed E-state index contributed by atoms with van der Waals surface area (Å²) in [5.41, 5.74) is 5.06. The van der Waals surface area contributed by atoms with Gasteiger partial charge in [0.1, 0.15) is 11.4 Å². The second-order valence-corrected chi connectivity index (χ2v) is 7.97. The van der Waals surface area contributed by atoms with Gasteiger partial charge in [-0.2, -0.15) is 15.0 Å². The third-order valence-corrected chi connectivity index (χ3v) is 5.69. The molecule has 30 heavy (non-hydrogen) atoms. The minimum Gasteiger partial charge on any atom is -0.304 e. The van der Waals surface area contributed by atoms with E-state index in [1.54, 1.807) is 10.9 Å². The first-order chi connectivity index (χ1) is 14.6. The molecule has 0 saturated carbocycles. The zero-order valence-electron chi connectivity index (χ0n) is 16.6. The Hall–Kier alpha value is -2.66. The van der Waals surface area contributed by atoms with Crippen LogP contribution in [0, 0.1) is 0 Å². The molecule has 1 aromatic heterocycles. The van der Waals surface area contributed by atoms with Crippen molar-refractivity contribution in [3.05, 3.63) is 106 Å². The third-order valence-electron chi connectivity index (χ3n) is 4.96. The molecule has 0 aliphatic rings. The summed E-state index contributed by atoms with van der Waals surface area (Å²) in [6.07, 6.45) is 0. The molecule has 0 fully saturated rings. The van der Waals surface area contributed by atoms with Crippen LogP contribution in [0.3, 0.4) is 0 Å². The lowest BCUT2D eigenvalue weighted by molar-refractivity contribution is 0.547. The number of aromatic nitrogens is 3. The lowest BCUT2D eigenvalue weighted by Crippen LogP contribution is -2.19. The molecular weight excluding hydrogens is 415 g/mol. The van der Waals surface area contributed by atoms with E-state index >= 15 is 0 Å². The van der Waals surface area contributed by atoms with Gasteiger partial charge in [0.2, 0.25) is 0 Å². The molecule has 0 bridgehead atoms. The van der Waals surface area contributed by atoms with E-state index in [9.17, 15) is 0 Å². The molecule has 0 amide bonds. The van der Waals surface area contributed by atoms with E-state index in [0.717, 1.165) is 22.5 Å². The monoisotopic (exact) mass is 436 g/mol. The van der Waals surface area contributed by atoms with Crippen molar-refractivity contribution in [2.45, 2.75) is 26.1 Å². The molecule has 1 atom stereocenters. The molecule has 4 nitrogen and oxygen atoms in total. The molecule has 0 saturated heterocycles. The Morgan fingerprint density at radius 3 is 2.27 bits per heavy atom. The number of halogens is 2. The lowest BCUT2D eigenvalue weighted by Gasteiger charge is -2.13. The van der Waals surface area contributed by atoms with Crippen molar-refractivity contribution >= 4 is 23.2 Å². The van der Waals surface area contributed by atoms with Gasteiger partial charge < -0.3 is 5.32 Å². The minimum atomic E-state index is 0.204. The predicted octanol–water partition coefficient (Wildman–Crippen LogP) is 6.15. The van der Waals surface area contributed by atoms with Gasteiger partial charge in [0.05, 0.1) is 16.6 Å². The normalized spacial score (nSPS) is 12.1. The van der Waals surface area contributed by atoms with Gasteiger partial charge >= 0.3 is 0 Å². The van der Waals surface area contributed by atoms with E-state index in [2.05, 4.69) is 48.6 Å². The Kier molecular flexibility index (Phi) is 6.48. The van der Waals surface area contributed by atoms with Crippen LogP contribution in [0.1, 0.15) is 29.8 Å². The Morgan fingerprint density at radius 2 is 1.57 bits per heavy atom. The summed E-state index contributed by atoms with van der Waals surface area (Å²) in [6.45, 7) is 3.28. The quantitative estimate of drug-likeness (QED) is 0.377. The second-order valence-electron chi connectivity index (χ2n) is 7.15. The third kappa shape index (κ3) is 4.90. The van der Waals surface area contributed by atoms with E-state index in [0.29, 0.717) is 23.1 Å². The van der Waals surface area contributed by atoms with Gasteiger partial charge in [-0.15, -0.1) is 0 Å². The first-order valence-corrected chi connectivity index (χ1v) is 10.6. The number of hydrogen-bond donors (Lipinski definition) is 1. The molecule has 6 heteroatoms. The molecule has 3 aromatic carbocycles. The first-order valence-electron chi connectivity index (χ1n) is 9.82. The van der Waals surface area contributed by atoms with Gasteiger partial charge in [-0.25, -0.2) is 0 Å². The summed E-state index contributed by atoms with van der Waals surface area (Å²) in [4.78, 5) is 1.71. The SMILES string of the molecule is C[C@H](NCc1nn(Cc2ccc(Cl)c(Cl)c2)nc1-c1ccccc1)c1ccccc1. The smallest absolute Gasteiger partial charge is 0.117 e. The zero-order valence-corrected chi connectivity index (χ0v) is 18.1. The van der Waals surface area contributed by atoms with Crippen LogP contribution < -0.4 is 5.32 Å². The fourth-order valence-corrected chi connectivity index (χ4v) is 3.62. The fourth-order valence-electron chi connectivity index (χ4n) is 3.30.